The normalized spacial score (nSPS) is 26.3. The summed E-state index contributed by atoms with van der Waals surface area (Å²) in [7, 11) is 0. The van der Waals surface area contributed by atoms with Gasteiger partial charge in [-0.1, -0.05) is 30.3 Å². The van der Waals surface area contributed by atoms with Crippen molar-refractivity contribution in [1.29, 1.82) is 0 Å². The molecule has 1 aromatic rings. The lowest BCUT2D eigenvalue weighted by molar-refractivity contribution is -0.181. The van der Waals surface area contributed by atoms with E-state index in [0.29, 0.717) is 0 Å². The Bertz CT molecular complexity index is 780. The summed E-state index contributed by atoms with van der Waals surface area (Å²) < 4.78 is 28.1. The third kappa shape index (κ3) is 5.16. The highest BCUT2D eigenvalue weighted by Gasteiger charge is 2.53. The smallest absolute Gasteiger partial charge is 0.417 e. The first-order valence-electron chi connectivity index (χ1n) is 9.79. The number of ether oxygens (including phenoxy) is 5. The summed E-state index contributed by atoms with van der Waals surface area (Å²) in [5.74, 6) is -1.92. The topological polar surface area (TPSA) is 101 Å². The maximum atomic E-state index is 12.4. The lowest BCUT2D eigenvalue weighted by Crippen LogP contribution is -2.52. The Morgan fingerprint density at radius 2 is 1.93 bits per heavy atom. The number of amides is 2. The molecule has 4 atom stereocenters. The van der Waals surface area contributed by atoms with E-state index in [0.717, 1.165) is 10.5 Å². The molecule has 0 aliphatic carbocycles. The maximum Gasteiger partial charge on any atom is 0.417 e. The Hall–Kier alpha value is -2.49. The summed E-state index contributed by atoms with van der Waals surface area (Å²) in [6, 6.07) is 8.71. The van der Waals surface area contributed by atoms with Crippen molar-refractivity contribution in [3.63, 3.8) is 0 Å². The second-order valence-electron chi connectivity index (χ2n) is 7.75. The van der Waals surface area contributed by atoms with Gasteiger partial charge in [0, 0.05) is 13.8 Å². The molecular formula is C21H27NO8. The third-order valence-corrected chi connectivity index (χ3v) is 4.91. The SMILES string of the molecule is CC(=O)O[C@@H]([C@@H]1OC(=O)N(C(C)=O)[C@H]1COCc1ccccc1)[C@@H]1COC(C)(C)O1. The number of esters is 1. The van der Waals surface area contributed by atoms with Gasteiger partial charge in [-0.2, -0.15) is 0 Å². The standard InChI is InChI=1S/C21H27NO8/c1-13(23)22-16(11-26-10-15-8-6-5-7-9-15)18(29-20(22)25)19(28-14(2)24)17-12-27-21(3,4)30-17/h5-9,16-19H,10-12H2,1-4H3/t16-,17-,18+,19+/m0/s1. The van der Waals surface area contributed by atoms with Crippen molar-refractivity contribution in [2.45, 2.75) is 64.4 Å². The van der Waals surface area contributed by atoms with Crippen molar-refractivity contribution in [3.8, 4) is 0 Å². The Labute approximate surface area is 175 Å². The second kappa shape index (κ2) is 9.11. The van der Waals surface area contributed by atoms with Crippen LogP contribution in [0.1, 0.15) is 33.3 Å². The van der Waals surface area contributed by atoms with Gasteiger partial charge in [-0.15, -0.1) is 0 Å². The molecule has 2 fully saturated rings. The molecule has 0 spiro atoms. The van der Waals surface area contributed by atoms with Crippen molar-refractivity contribution in [2.24, 2.45) is 0 Å². The van der Waals surface area contributed by atoms with Crippen LogP contribution in [0.2, 0.25) is 0 Å². The average Bonchev–Trinajstić information content (AvgIpc) is 3.19. The number of hydrogen-bond donors (Lipinski definition) is 0. The van der Waals surface area contributed by atoms with Crippen molar-refractivity contribution in [3.05, 3.63) is 35.9 Å². The predicted octanol–water partition coefficient (Wildman–Crippen LogP) is 2.02. The lowest BCUT2D eigenvalue weighted by atomic mass is 10.0. The van der Waals surface area contributed by atoms with E-state index in [1.165, 1.54) is 13.8 Å². The van der Waals surface area contributed by atoms with Crippen LogP contribution in [0.25, 0.3) is 0 Å². The highest BCUT2D eigenvalue weighted by atomic mass is 16.8. The van der Waals surface area contributed by atoms with Gasteiger partial charge in [0.1, 0.15) is 12.1 Å². The fourth-order valence-electron chi connectivity index (χ4n) is 3.65. The molecule has 9 nitrogen and oxygen atoms in total. The Kier molecular flexibility index (Phi) is 6.74. The van der Waals surface area contributed by atoms with Gasteiger partial charge in [0.05, 0.1) is 19.8 Å². The number of imide groups is 1. The van der Waals surface area contributed by atoms with Gasteiger partial charge < -0.3 is 23.7 Å². The second-order valence-corrected chi connectivity index (χ2v) is 7.75. The molecule has 2 aliphatic rings. The van der Waals surface area contributed by atoms with Crippen LogP contribution < -0.4 is 0 Å². The van der Waals surface area contributed by atoms with Crippen molar-refractivity contribution < 1.29 is 38.1 Å². The van der Waals surface area contributed by atoms with Crippen LogP contribution in [0.3, 0.4) is 0 Å². The molecule has 0 radical (unpaired) electrons. The minimum atomic E-state index is -0.956. The molecule has 1 aromatic carbocycles. The van der Waals surface area contributed by atoms with Crippen LogP contribution in [0, 0.1) is 0 Å². The Balaban J connectivity index is 1.79. The number of cyclic esters (lactones) is 1. The summed E-state index contributed by atoms with van der Waals surface area (Å²) >= 11 is 0. The van der Waals surface area contributed by atoms with Gasteiger partial charge in [0.15, 0.2) is 18.0 Å². The quantitative estimate of drug-likeness (QED) is 0.617. The van der Waals surface area contributed by atoms with E-state index in [2.05, 4.69) is 0 Å². The molecule has 2 amide bonds. The maximum absolute atomic E-state index is 12.4. The molecule has 2 aliphatic heterocycles. The summed E-state index contributed by atoms with van der Waals surface area (Å²) in [6.07, 6.45) is -3.38. The molecule has 0 saturated carbocycles. The molecule has 3 rings (SSSR count). The van der Waals surface area contributed by atoms with Gasteiger partial charge in [0.2, 0.25) is 5.91 Å². The minimum absolute atomic E-state index is 0.0135. The van der Waals surface area contributed by atoms with Crippen molar-refractivity contribution in [2.75, 3.05) is 13.2 Å². The zero-order valence-corrected chi connectivity index (χ0v) is 17.5. The minimum Gasteiger partial charge on any atom is -0.456 e. The number of carbonyl (C=O) groups is 3. The van der Waals surface area contributed by atoms with E-state index in [4.69, 9.17) is 23.7 Å². The van der Waals surface area contributed by atoms with E-state index in [-0.39, 0.29) is 19.8 Å². The Morgan fingerprint density at radius 3 is 2.50 bits per heavy atom. The highest BCUT2D eigenvalue weighted by Crippen LogP contribution is 2.32. The van der Waals surface area contributed by atoms with Crippen LogP contribution in [-0.4, -0.2) is 66.2 Å². The van der Waals surface area contributed by atoms with Crippen LogP contribution in [0.15, 0.2) is 30.3 Å². The van der Waals surface area contributed by atoms with E-state index in [1.807, 2.05) is 30.3 Å². The lowest BCUT2D eigenvalue weighted by Gasteiger charge is -2.31. The molecule has 0 aromatic heterocycles. The number of benzene rings is 1. The molecular weight excluding hydrogens is 394 g/mol. The van der Waals surface area contributed by atoms with Crippen LogP contribution in [0.4, 0.5) is 4.79 Å². The van der Waals surface area contributed by atoms with Gasteiger partial charge in [0.25, 0.3) is 0 Å². The summed E-state index contributed by atoms with van der Waals surface area (Å²) in [4.78, 5) is 37.3. The average molecular weight is 421 g/mol. The predicted molar refractivity (Wildman–Crippen MR) is 103 cm³/mol. The van der Waals surface area contributed by atoms with E-state index < -0.39 is 48.1 Å². The first-order chi connectivity index (χ1) is 14.2. The Morgan fingerprint density at radius 1 is 1.23 bits per heavy atom. The molecule has 30 heavy (non-hydrogen) atoms. The summed E-state index contributed by atoms with van der Waals surface area (Å²) in [6.45, 7) is 6.46. The number of rotatable bonds is 7. The first kappa shape index (κ1) is 22.2. The first-order valence-corrected chi connectivity index (χ1v) is 9.79. The zero-order valence-electron chi connectivity index (χ0n) is 17.5. The molecule has 9 heteroatoms. The van der Waals surface area contributed by atoms with Gasteiger partial charge in [-0.05, 0) is 19.4 Å². The van der Waals surface area contributed by atoms with Crippen LogP contribution >= 0.6 is 0 Å². The molecule has 164 valence electrons. The monoisotopic (exact) mass is 421 g/mol. The summed E-state index contributed by atoms with van der Waals surface area (Å²) in [5.41, 5.74) is 0.944. The molecule has 2 saturated heterocycles. The number of hydrogen-bond acceptors (Lipinski definition) is 8. The largest absolute Gasteiger partial charge is 0.456 e. The molecule has 0 N–H and O–H groups in total. The van der Waals surface area contributed by atoms with Crippen LogP contribution in [0.5, 0.6) is 0 Å². The van der Waals surface area contributed by atoms with Crippen molar-refractivity contribution in [1.82, 2.24) is 4.90 Å². The fourth-order valence-corrected chi connectivity index (χ4v) is 3.65. The van der Waals surface area contributed by atoms with E-state index in [9.17, 15) is 14.4 Å². The molecule has 0 bridgehead atoms. The number of carbonyl (C=O) groups excluding carboxylic acids is 3. The third-order valence-electron chi connectivity index (χ3n) is 4.91. The zero-order chi connectivity index (χ0) is 21.9. The molecule has 0 unspecified atom stereocenters. The van der Waals surface area contributed by atoms with Gasteiger partial charge >= 0.3 is 12.1 Å². The summed E-state index contributed by atoms with van der Waals surface area (Å²) in [5, 5.41) is 0. The molecule has 2 heterocycles. The number of nitrogens with zero attached hydrogens (tertiary/aromatic N) is 1. The van der Waals surface area contributed by atoms with Crippen molar-refractivity contribution >= 4 is 18.0 Å². The van der Waals surface area contributed by atoms with Gasteiger partial charge in [-0.3, -0.25) is 9.59 Å². The fraction of sp³-hybridized carbons (Fsp3) is 0.571. The van der Waals surface area contributed by atoms with Crippen LogP contribution in [-0.2, 0) is 39.9 Å². The van der Waals surface area contributed by atoms with E-state index >= 15 is 0 Å². The van der Waals surface area contributed by atoms with E-state index in [1.54, 1.807) is 13.8 Å². The van der Waals surface area contributed by atoms with Gasteiger partial charge in [-0.25, -0.2) is 9.69 Å². The highest BCUT2D eigenvalue weighted by molar-refractivity contribution is 5.92.